The van der Waals surface area contributed by atoms with Crippen LogP contribution in [-0.4, -0.2) is 0 Å². The van der Waals surface area contributed by atoms with E-state index in [0.717, 1.165) is 23.5 Å². The highest BCUT2D eigenvalue weighted by atomic mass is 16.5. The first-order chi connectivity index (χ1) is 8.35. The predicted octanol–water partition coefficient (Wildman–Crippen LogP) is 4.68. The van der Waals surface area contributed by atoms with E-state index in [4.69, 9.17) is 4.74 Å². The molecule has 0 unspecified atom stereocenters. The van der Waals surface area contributed by atoms with E-state index in [-0.39, 0.29) is 0 Å². The lowest BCUT2D eigenvalue weighted by molar-refractivity contribution is 0.476. The molecule has 0 atom stereocenters. The fraction of sp³-hybridized carbons (Fsp3) is 0.125. The normalized spacial score (nSPS) is 9.94. The minimum Gasteiger partial charge on any atom is -0.457 e. The Balaban J connectivity index is 2.36. The molecule has 0 fully saturated rings. The average Bonchev–Trinajstić information content (AvgIpc) is 2.39. The van der Waals surface area contributed by atoms with Crippen LogP contribution in [0.15, 0.2) is 55.1 Å². The Morgan fingerprint density at radius 1 is 1.06 bits per heavy atom. The molecule has 0 heterocycles. The van der Waals surface area contributed by atoms with Crippen LogP contribution >= 0.6 is 0 Å². The molecule has 0 bridgehead atoms. The monoisotopic (exact) mass is 224 g/mol. The van der Waals surface area contributed by atoms with Crippen LogP contribution in [-0.2, 0) is 6.42 Å². The van der Waals surface area contributed by atoms with Gasteiger partial charge in [-0.2, -0.15) is 0 Å². The maximum absolute atomic E-state index is 5.90. The zero-order chi connectivity index (χ0) is 12.1. The Bertz CT molecular complexity index is 500. The second-order valence-electron chi connectivity index (χ2n) is 3.80. The zero-order valence-electron chi connectivity index (χ0n) is 10.0. The summed E-state index contributed by atoms with van der Waals surface area (Å²) in [6.45, 7) is 5.96. The van der Waals surface area contributed by atoms with Crippen molar-refractivity contribution in [3.8, 4) is 11.5 Å². The van der Waals surface area contributed by atoms with Gasteiger partial charge in [0, 0.05) is 5.56 Å². The zero-order valence-corrected chi connectivity index (χ0v) is 10.0. The van der Waals surface area contributed by atoms with Gasteiger partial charge in [0.1, 0.15) is 11.5 Å². The van der Waals surface area contributed by atoms with E-state index in [0.29, 0.717) is 0 Å². The van der Waals surface area contributed by atoms with E-state index >= 15 is 0 Å². The Hall–Kier alpha value is -2.02. The fourth-order valence-electron chi connectivity index (χ4n) is 1.86. The first kappa shape index (κ1) is 11.5. The molecule has 86 valence electrons. The molecular formula is C16H16O. The number of rotatable bonds is 4. The van der Waals surface area contributed by atoms with Crippen molar-refractivity contribution in [3.63, 3.8) is 0 Å². The van der Waals surface area contributed by atoms with Gasteiger partial charge < -0.3 is 4.74 Å². The van der Waals surface area contributed by atoms with Gasteiger partial charge in [0.05, 0.1) is 0 Å². The summed E-state index contributed by atoms with van der Waals surface area (Å²) in [5.74, 6) is 1.78. The van der Waals surface area contributed by atoms with E-state index in [1.54, 1.807) is 0 Å². The van der Waals surface area contributed by atoms with Crippen LogP contribution in [0.25, 0.3) is 6.08 Å². The van der Waals surface area contributed by atoms with Gasteiger partial charge in [-0.1, -0.05) is 49.9 Å². The summed E-state index contributed by atoms with van der Waals surface area (Å²) in [5.41, 5.74) is 2.34. The van der Waals surface area contributed by atoms with Crippen LogP contribution in [0, 0.1) is 0 Å². The number of benzene rings is 2. The minimum atomic E-state index is 0.864. The third-order valence-corrected chi connectivity index (χ3v) is 2.71. The second kappa shape index (κ2) is 5.35. The Morgan fingerprint density at radius 2 is 1.82 bits per heavy atom. The highest BCUT2D eigenvalue weighted by molar-refractivity contribution is 5.57. The molecule has 0 aromatic heterocycles. The Kier molecular flexibility index (Phi) is 3.61. The van der Waals surface area contributed by atoms with Crippen molar-refractivity contribution in [2.24, 2.45) is 0 Å². The molecule has 2 aromatic carbocycles. The van der Waals surface area contributed by atoms with Gasteiger partial charge in [-0.15, -0.1) is 0 Å². The number of hydrogen-bond acceptors (Lipinski definition) is 1. The van der Waals surface area contributed by atoms with E-state index < -0.39 is 0 Å². The fourth-order valence-corrected chi connectivity index (χ4v) is 1.86. The first-order valence-corrected chi connectivity index (χ1v) is 5.82. The molecule has 0 N–H and O–H groups in total. The van der Waals surface area contributed by atoms with Crippen molar-refractivity contribution in [2.45, 2.75) is 13.3 Å². The van der Waals surface area contributed by atoms with Crippen molar-refractivity contribution >= 4 is 6.08 Å². The van der Waals surface area contributed by atoms with Gasteiger partial charge >= 0.3 is 0 Å². The summed E-state index contributed by atoms with van der Waals surface area (Å²) >= 11 is 0. The highest BCUT2D eigenvalue weighted by Gasteiger charge is 2.06. The molecule has 1 nitrogen and oxygen atoms in total. The topological polar surface area (TPSA) is 9.23 Å². The van der Waals surface area contributed by atoms with Crippen LogP contribution in [0.5, 0.6) is 11.5 Å². The number of ether oxygens (including phenoxy) is 1. The summed E-state index contributed by atoms with van der Waals surface area (Å²) in [5, 5.41) is 0. The third-order valence-electron chi connectivity index (χ3n) is 2.71. The lowest BCUT2D eigenvalue weighted by Gasteiger charge is -2.12. The predicted molar refractivity (Wildman–Crippen MR) is 72.4 cm³/mol. The molecule has 0 radical (unpaired) electrons. The molecule has 1 heteroatoms. The van der Waals surface area contributed by atoms with Crippen LogP contribution in [0.4, 0.5) is 0 Å². The summed E-state index contributed by atoms with van der Waals surface area (Å²) in [7, 11) is 0. The van der Waals surface area contributed by atoms with Crippen LogP contribution < -0.4 is 4.74 Å². The van der Waals surface area contributed by atoms with E-state index in [2.05, 4.69) is 19.6 Å². The van der Waals surface area contributed by atoms with Crippen molar-refractivity contribution < 1.29 is 4.74 Å². The molecule has 0 saturated carbocycles. The maximum Gasteiger partial charge on any atom is 0.131 e. The van der Waals surface area contributed by atoms with Gasteiger partial charge in [-0.25, -0.2) is 0 Å². The molecule has 0 aliphatic heterocycles. The molecule has 0 aliphatic rings. The number of hydrogen-bond donors (Lipinski definition) is 0. The highest BCUT2D eigenvalue weighted by Crippen LogP contribution is 2.28. The molecule has 0 spiro atoms. The standard InChI is InChI=1S/C16H16O/c1-3-13-9-8-12-16(15(13)4-2)17-14-10-6-5-7-11-14/h3,5-12H,1,4H2,2H3. The Morgan fingerprint density at radius 3 is 2.47 bits per heavy atom. The van der Waals surface area contributed by atoms with Gasteiger partial charge in [0.25, 0.3) is 0 Å². The SMILES string of the molecule is C=Cc1cccc(Oc2ccccc2)c1CC. The molecule has 17 heavy (non-hydrogen) atoms. The summed E-state index contributed by atoms with van der Waals surface area (Å²) in [6, 6.07) is 15.9. The van der Waals surface area contributed by atoms with E-state index in [1.807, 2.05) is 48.5 Å². The van der Waals surface area contributed by atoms with E-state index in [1.165, 1.54) is 5.56 Å². The maximum atomic E-state index is 5.90. The lowest BCUT2D eigenvalue weighted by Crippen LogP contribution is -1.93. The smallest absolute Gasteiger partial charge is 0.131 e. The van der Waals surface area contributed by atoms with Gasteiger partial charge in [-0.05, 0) is 30.2 Å². The molecular weight excluding hydrogens is 208 g/mol. The molecule has 2 rings (SSSR count). The quantitative estimate of drug-likeness (QED) is 0.732. The molecule has 0 saturated heterocycles. The average molecular weight is 224 g/mol. The number of para-hydroxylation sites is 1. The first-order valence-electron chi connectivity index (χ1n) is 5.82. The van der Waals surface area contributed by atoms with Crippen molar-refractivity contribution in [3.05, 3.63) is 66.2 Å². The lowest BCUT2D eigenvalue weighted by atomic mass is 10.0. The van der Waals surface area contributed by atoms with E-state index in [9.17, 15) is 0 Å². The van der Waals surface area contributed by atoms with Crippen molar-refractivity contribution in [1.29, 1.82) is 0 Å². The van der Waals surface area contributed by atoms with Crippen molar-refractivity contribution in [2.75, 3.05) is 0 Å². The van der Waals surface area contributed by atoms with Gasteiger partial charge in [0.2, 0.25) is 0 Å². The van der Waals surface area contributed by atoms with Crippen molar-refractivity contribution in [1.82, 2.24) is 0 Å². The minimum absolute atomic E-state index is 0.864. The summed E-state index contributed by atoms with van der Waals surface area (Å²) < 4.78 is 5.90. The van der Waals surface area contributed by atoms with Crippen LogP contribution in [0.2, 0.25) is 0 Å². The molecule has 0 amide bonds. The molecule has 2 aromatic rings. The Labute approximate surface area is 102 Å². The largest absolute Gasteiger partial charge is 0.457 e. The van der Waals surface area contributed by atoms with Crippen LogP contribution in [0.3, 0.4) is 0 Å². The molecule has 0 aliphatic carbocycles. The van der Waals surface area contributed by atoms with Gasteiger partial charge in [0.15, 0.2) is 0 Å². The summed E-state index contributed by atoms with van der Waals surface area (Å²) in [6.07, 6.45) is 2.81. The second-order valence-corrected chi connectivity index (χ2v) is 3.80. The van der Waals surface area contributed by atoms with Crippen LogP contribution in [0.1, 0.15) is 18.1 Å². The third kappa shape index (κ3) is 2.56. The summed E-state index contributed by atoms with van der Waals surface area (Å²) in [4.78, 5) is 0. The van der Waals surface area contributed by atoms with Gasteiger partial charge in [-0.3, -0.25) is 0 Å².